The zero-order valence-corrected chi connectivity index (χ0v) is 8.16. The van der Waals surface area contributed by atoms with Gasteiger partial charge in [0.15, 0.2) is 0 Å². The van der Waals surface area contributed by atoms with E-state index in [2.05, 4.69) is 32.6 Å². The van der Waals surface area contributed by atoms with Crippen LogP contribution in [0.5, 0.6) is 0 Å². The van der Waals surface area contributed by atoms with Crippen LogP contribution in [0, 0.1) is 0 Å². The first-order chi connectivity index (χ1) is 4.52. The summed E-state index contributed by atoms with van der Waals surface area (Å²) in [5.74, 6) is 0. The smallest absolute Gasteiger partial charge is 0.0645 e. The van der Waals surface area contributed by atoms with Gasteiger partial charge in [0.2, 0.25) is 0 Å². The van der Waals surface area contributed by atoms with Crippen molar-refractivity contribution in [3.8, 4) is 0 Å². The molecule has 0 atom stereocenters. The quantitative estimate of drug-likeness (QED) is 0.582. The van der Waals surface area contributed by atoms with E-state index in [1.165, 1.54) is 0 Å². The summed E-state index contributed by atoms with van der Waals surface area (Å²) >= 11 is 4.89. The first-order valence-corrected chi connectivity index (χ1v) is 4.21. The van der Waals surface area contributed by atoms with E-state index in [0.29, 0.717) is 0 Å². The van der Waals surface area contributed by atoms with Gasteiger partial charge in [-0.05, 0) is 27.2 Å². The third-order valence-corrected chi connectivity index (χ3v) is 1.71. The molecule has 0 radical (unpaired) electrons. The predicted octanol–water partition coefficient (Wildman–Crippen LogP) is 2.45. The molecule has 0 aliphatic carbocycles. The third kappa shape index (κ3) is 3.16. The first-order valence-electron chi connectivity index (χ1n) is 3.74. The van der Waals surface area contributed by atoms with Crippen molar-refractivity contribution < 1.29 is 0 Å². The lowest BCUT2D eigenvalue weighted by Crippen LogP contribution is -2.40. The maximum atomic E-state index is 4.89. The summed E-state index contributed by atoms with van der Waals surface area (Å²) in [5, 5.41) is 0. The molecule has 0 spiro atoms. The molecule has 0 saturated carbocycles. The van der Waals surface area contributed by atoms with Gasteiger partial charge in [0, 0.05) is 12.1 Å². The SMILES string of the molecule is CCCN(C=S)C(C)(C)C. The third-order valence-electron chi connectivity index (χ3n) is 1.45. The lowest BCUT2D eigenvalue weighted by molar-refractivity contribution is 0.249. The van der Waals surface area contributed by atoms with Gasteiger partial charge in [0.1, 0.15) is 0 Å². The van der Waals surface area contributed by atoms with Crippen LogP contribution >= 0.6 is 12.2 Å². The second-order valence-corrected chi connectivity index (χ2v) is 3.68. The highest BCUT2D eigenvalue weighted by Crippen LogP contribution is 2.10. The molecule has 0 N–H and O–H groups in total. The van der Waals surface area contributed by atoms with Crippen molar-refractivity contribution in [1.29, 1.82) is 0 Å². The minimum absolute atomic E-state index is 0.192. The Kier molecular flexibility index (Phi) is 3.87. The summed E-state index contributed by atoms with van der Waals surface area (Å²) in [5.41, 5.74) is 1.95. The van der Waals surface area contributed by atoms with Gasteiger partial charge in [-0.15, -0.1) is 0 Å². The van der Waals surface area contributed by atoms with Crippen LogP contribution in [0.25, 0.3) is 0 Å². The molecular formula is C8H17NS. The zero-order valence-electron chi connectivity index (χ0n) is 7.35. The normalized spacial score (nSPS) is 11.2. The molecule has 0 saturated heterocycles. The molecule has 0 aromatic heterocycles. The monoisotopic (exact) mass is 159 g/mol. The maximum Gasteiger partial charge on any atom is 0.0645 e. The summed E-state index contributed by atoms with van der Waals surface area (Å²) in [6, 6.07) is 0. The number of hydrogen-bond acceptors (Lipinski definition) is 1. The second-order valence-electron chi connectivity index (χ2n) is 3.47. The van der Waals surface area contributed by atoms with Crippen molar-refractivity contribution in [2.45, 2.75) is 39.7 Å². The molecule has 0 heterocycles. The first kappa shape index (κ1) is 9.89. The van der Waals surface area contributed by atoms with Gasteiger partial charge < -0.3 is 4.90 Å². The van der Waals surface area contributed by atoms with Crippen molar-refractivity contribution in [2.24, 2.45) is 0 Å². The van der Waals surface area contributed by atoms with E-state index < -0.39 is 0 Å². The Bertz CT molecular complexity index is 104. The summed E-state index contributed by atoms with van der Waals surface area (Å²) in [7, 11) is 0. The molecule has 2 heteroatoms. The highest BCUT2D eigenvalue weighted by molar-refractivity contribution is 7.78. The molecule has 0 amide bonds. The van der Waals surface area contributed by atoms with Crippen LogP contribution in [-0.4, -0.2) is 22.5 Å². The molecule has 0 unspecified atom stereocenters. The lowest BCUT2D eigenvalue weighted by Gasteiger charge is -2.33. The molecule has 10 heavy (non-hydrogen) atoms. The van der Waals surface area contributed by atoms with Crippen molar-refractivity contribution in [3.05, 3.63) is 0 Å². The van der Waals surface area contributed by atoms with E-state index in [-0.39, 0.29) is 5.54 Å². The summed E-state index contributed by atoms with van der Waals surface area (Å²) < 4.78 is 0. The maximum absolute atomic E-state index is 4.89. The van der Waals surface area contributed by atoms with Crippen LogP contribution in [0.3, 0.4) is 0 Å². The molecule has 0 aromatic carbocycles. The largest absolute Gasteiger partial charge is 0.364 e. The van der Waals surface area contributed by atoms with Crippen molar-refractivity contribution in [2.75, 3.05) is 6.54 Å². The van der Waals surface area contributed by atoms with Gasteiger partial charge in [-0.3, -0.25) is 0 Å². The Labute approximate surface area is 69.4 Å². The van der Waals surface area contributed by atoms with E-state index in [9.17, 15) is 0 Å². The summed E-state index contributed by atoms with van der Waals surface area (Å²) in [6.45, 7) is 9.74. The molecule has 0 fully saturated rings. The minimum atomic E-state index is 0.192. The topological polar surface area (TPSA) is 3.24 Å². The van der Waals surface area contributed by atoms with Gasteiger partial charge in [-0.1, -0.05) is 19.1 Å². The molecule has 60 valence electrons. The van der Waals surface area contributed by atoms with E-state index in [4.69, 9.17) is 12.2 Å². The lowest BCUT2D eigenvalue weighted by atomic mass is 10.1. The predicted molar refractivity (Wildman–Crippen MR) is 50.4 cm³/mol. The number of nitrogens with zero attached hydrogens (tertiary/aromatic N) is 1. The van der Waals surface area contributed by atoms with Gasteiger partial charge in [-0.25, -0.2) is 0 Å². The fourth-order valence-corrected chi connectivity index (χ4v) is 1.21. The van der Waals surface area contributed by atoms with Crippen LogP contribution in [0.15, 0.2) is 0 Å². The van der Waals surface area contributed by atoms with Crippen molar-refractivity contribution in [1.82, 2.24) is 4.90 Å². The van der Waals surface area contributed by atoms with E-state index in [1.54, 1.807) is 5.49 Å². The Balaban J connectivity index is 3.93. The molecule has 0 bridgehead atoms. The molecule has 0 aromatic rings. The molecule has 0 aliphatic rings. The van der Waals surface area contributed by atoms with E-state index in [0.717, 1.165) is 13.0 Å². The van der Waals surface area contributed by atoms with E-state index in [1.807, 2.05) is 0 Å². The number of thiocarbonyl (C=S) groups is 1. The van der Waals surface area contributed by atoms with Gasteiger partial charge >= 0.3 is 0 Å². The average Bonchev–Trinajstić information content (AvgIpc) is 1.80. The minimum Gasteiger partial charge on any atom is -0.364 e. The van der Waals surface area contributed by atoms with Crippen molar-refractivity contribution >= 4 is 17.7 Å². The highest BCUT2D eigenvalue weighted by Gasteiger charge is 2.15. The Hall–Kier alpha value is -0.110. The fraction of sp³-hybridized carbons (Fsp3) is 0.875. The van der Waals surface area contributed by atoms with Crippen LogP contribution in [0.1, 0.15) is 34.1 Å². The Morgan fingerprint density at radius 2 is 1.90 bits per heavy atom. The highest BCUT2D eigenvalue weighted by atomic mass is 32.1. The zero-order chi connectivity index (χ0) is 8.20. The Morgan fingerprint density at radius 1 is 1.40 bits per heavy atom. The average molecular weight is 159 g/mol. The van der Waals surface area contributed by atoms with E-state index >= 15 is 0 Å². The van der Waals surface area contributed by atoms with Crippen LogP contribution < -0.4 is 0 Å². The molecule has 1 nitrogen and oxygen atoms in total. The van der Waals surface area contributed by atoms with Gasteiger partial charge in [-0.2, -0.15) is 0 Å². The fourth-order valence-electron chi connectivity index (χ4n) is 0.787. The standard InChI is InChI=1S/C8H17NS/c1-5-6-9(7-10)8(2,3)4/h7H,5-6H2,1-4H3. The number of rotatable bonds is 3. The molecular weight excluding hydrogens is 142 g/mol. The Morgan fingerprint density at radius 3 is 2.00 bits per heavy atom. The number of hydrogen-bond donors (Lipinski definition) is 0. The van der Waals surface area contributed by atoms with Crippen LogP contribution in [0.2, 0.25) is 0 Å². The van der Waals surface area contributed by atoms with Crippen molar-refractivity contribution in [3.63, 3.8) is 0 Å². The summed E-state index contributed by atoms with van der Waals surface area (Å²) in [4.78, 5) is 2.18. The summed E-state index contributed by atoms with van der Waals surface area (Å²) in [6.07, 6.45) is 1.16. The van der Waals surface area contributed by atoms with Gasteiger partial charge in [0.25, 0.3) is 0 Å². The van der Waals surface area contributed by atoms with Crippen LogP contribution in [0.4, 0.5) is 0 Å². The second kappa shape index (κ2) is 3.91. The molecule has 0 aliphatic heterocycles. The van der Waals surface area contributed by atoms with Crippen LogP contribution in [-0.2, 0) is 0 Å². The molecule has 0 rings (SSSR count). The van der Waals surface area contributed by atoms with Gasteiger partial charge in [0.05, 0.1) is 5.49 Å².